The van der Waals surface area contributed by atoms with Crippen LogP contribution in [0.3, 0.4) is 0 Å². The molecule has 2 unspecified atom stereocenters. The van der Waals surface area contributed by atoms with Crippen molar-refractivity contribution in [3.63, 3.8) is 0 Å². The zero-order chi connectivity index (χ0) is 14.5. The Hall–Kier alpha value is -1.66. The lowest BCUT2D eigenvalue weighted by molar-refractivity contribution is -0.119. The van der Waals surface area contributed by atoms with Gasteiger partial charge in [0.05, 0.1) is 18.6 Å². The van der Waals surface area contributed by atoms with Crippen molar-refractivity contribution in [2.75, 3.05) is 18.5 Å². The molecule has 1 aliphatic rings. The van der Waals surface area contributed by atoms with E-state index in [1.165, 1.54) is 0 Å². The van der Waals surface area contributed by atoms with Gasteiger partial charge in [0.2, 0.25) is 5.91 Å². The van der Waals surface area contributed by atoms with Crippen LogP contribution in [0.15, 0.2) is 24.3 Å². The molecule has 1 heterocycles. The molecule has 1 fully saturated rings. The summed E-state index contributed by atoms with van der Waals surface area (Å²) in [6, 6.07) is 7.10. The van der Waals surface area contributed by atoms with E-state index in [-0.39, 0.29) is 24.5 Å². The highest BCUT2D eigenvalue weighted by atomic mass is 32.1. The number of benzene rings is 1. The minimum atomic E-state index is -0.0736. The first kappa shape index (κ1) is 14.7. The number of ether oxygens (including phenoxy) is 2. The van der Waals surface area contributed by atoms with Crippen LogP contribution in [0.4, 0.5) is 5.69 Å². The van der Waals surface area contributed by atoms with Gasteiger partial charge in [0, 0.05) is 5.69 Å². The Bertz CT molecular complexity index is 490. The van der Waals surface area contributed by atoms with Crippen LogP contribution in [-0.2, 0) is 9.53 Å². The lowest BCUT2D eigenvalue weighted by atomic mass is 10.1. The van der Waals surface area contributed by atoms with Gasteiger partial charge in [-0.1, -0.05) is 12.2 Å². The van der Waals surface area contributed by atoms with E-state index in [2.05, 4.69) is 5.32 Å². The number of anilines is 1. The number of thiocarbonyl (C=S) groups is 1. The molecule has 0 spiro atoms. The van der Waals surface area contributed by atoms with Gasteiger partial charge in [0.15, 0.2) is 0 Å². The van der Waals surface area contributed by atoms with Gasteiger partial charge in [-0.15, -0.1) is 0 Å². The van der Waals surface area contributed by atoms with Crippen LogP contribution in [-0.4, -0.2) is 30.2 Å². The topological polar surface area (TPSA) is 73.6 Å². The third kappa shape index (κ3) is 4.18. The summed E-state index contributed by atoms with van der Waals surface area (Å²) in [4.78, 5) is 12.3. The molecule has 2 rings (SSSR count). The maximum absolute atomic E-state index is 12.0. The minimum Gasteiger partial charge on any atom is -0.487 e. The average Bonchev–Trinajstić information content (AvgIpc) is 2.85. The highest BCUT2D eigenvalue weighted by Crippen LogP contribution is 2.22. The number of rotatable bonds is 5. The number of carbonyl (C=O) groups is 1. The van der Waals surface area contributed by atoms with Crippen LogP contribution < -0.4 is 15.8 Å². The Labute approximate surface area is 123 Å². The van der Waals surface area contributed by atoms with Crippen molar-refractivity contribution >= 4 is 28.8 Å². The molecule has 6 heteroatoms. The number of nitrogens with two attached hydrogens (primary N) is 1. The van der Waals surface area contributed by atoms with Crippen molar-refractivity contribution in [3.05, 3.63) is 24.3 Å². The minimum absolute atomic E-state index is 0.00819. The highest BCUT2D eigenvalue weighted by molar-refractivity contribution is 7.80. The fraction of sp³-hybridized carbons (Fsp3) is 0.429. The first-order valence-electron chi connectivity index (χ1n) is 6.48. The smallest absolute Gasteiger partial charge is 0.229 e. The zero-order valence-corrected chi connectivity index (χ0v) is 12.1. The molecular weight excluding hydrogens is 276 g/mol. The molecule has 1 amide bonds. The molecule has 3 N–H and O–H groups in total. The monoisotopic (exact) mass is 294 g/mol. The van der Waals surface area contributed by atoms with Crippen LogP contribution in [0.1, 0.15) is 13.3 Å². The van der Waals surface area contributed by atoms with Gasteiger partial charge < -0.3 is 20.5 Å². The number of hydrogen-bond donors (Lipinski definition) is 2. The van der Waals surface area contributed by atoms with E-state index in [0.717, 1.165) is 12.1 Å². The first-order chi connectivity index (χ1) is 9.54. The summed E-state index contributed by atoms with van der Waals surface area (Å²) in [5.74, 6) is 0.579. The van der Waals surface area contributed by atoms with Crippen molar-refractivity contribution in [3.8, 4) is 5.75 Å². The van der Waals surface area contributed by atoms with E-state index >= 15 is 0 Å². The van der Waals surface area contributed by atoms with Gasteiger partial charge in [-0.3, -0.25) is 4.79 Å². The van der Waals surface area contributed by atoms with Crippen LogP contribution in [0.5, 0.6) is 5.75 Å². The molecule has 2 atom stereocenters. The molecule has 0 aliphatic carbocycles. The molecule has 5 nitrogen and oxygen atoms in total. The molecular formula is C14H18N2O3S. The number of nitrogens with one attached hydrogen (secondary N) is 1. The van der Waals surface area contributed by atoms with Gasteiger partial charge in [0.1, 0.15) is 17.3 Å². The Morgan fingerprint density at radius 2 is 2.20 bits per heavy atom. The molecule has 0 radical (unpaired) electrons. The predicted molar refractivity (Wildman–Crippen MR) is 80.9 cm³/mol. The van der Waals surface area contributed by atoms with Gasteiger partial charge in [0.25, 0.3) is 0 Å². The summed E-state index contributed by atoms with van der Waals surface area (Å²) in [5.41, 5.74) is 6.09. The van der Waals surface area contributed by atoms with Crippen molar-refractivity contribution in [2.45, 2.75) is 19.4 Å². The van der Waals surface area contributed by atoms with E-state index in [9.17, 15) is 4.79 Å². The predicted octanol–water partition coefficient (Wildman–Crippen LogP) is 1.71. The molecule has 0 bridgehead atoms. The summed E-state index contributed by atoms with van der Waals surface area (Å²) >= 11 is 4.73. The summed E-state index contributed by atoms with van der Waals surface area (Å²) in [7, 11) is 0. The molecule has 20 heavy (non-hydrogen) atoms. The first-order valence-corrected chi connectivity index (χ1v) is 6.89. The fourth-order valence-electron chi connectivity index (χ4n) is 2.03. The second kappa shape index (κ2) is 6.67. The molecule has 1 aromatic carbocycles. The van der Waals surface area contributed by atoms with Crippen molar-refractivity contribution in [2.24, 2.45) is 11.7 Å². The zero-order valence-electron chi connectivity index (χ0n) is 11.3. The van der Waals surface area contributed by atoms with E-state index in [0.29, 0.717) is 17.3 Å². The van der Waals surface area contributed by atoms with Crippen LogP contribution in [0.25, 0.3) is 0 Å². The maximum atomic E-state index is 12.0. The highest BCUT2D eigenvalue weighted by Gasteiger charge is 2.28. The Balaban J connectivity index is 1.87. The van der Waals surface area contributed by atoms with Crippen molar-refractivity contribution in [1.29, 1.82) is 0 Å². The molecule has 0 saturated carbocycles. The third-order valence-electron chi connectivity index (χ3n) is 3.07. The molecule has 1 aromatic rings. The van der Waals surface area contributed by atoms with Gasteiger partial charge in [-0.2, -0.15) is 0 Å². The number of carbonyl (C=O) groups excluding carboxylic acids is 1. The fourth-order valence-corrected chi connectivity index (χ4v) is 2.09. The van der Waals surface area contributed by atoms with Crippen LogP contribution >= 0.6 is 12.2 Å². The summed E-state index contributed by atoms with van der Waals surface area (Å²) in [6.07, 6.45) is 0.919. The lowest BCUT2D eigenvalue weighted by Crippen LogP contribution is -2.23. The second-order valence-corrected chi connectivity index (χ2v) is 5.37. The SMILES string of the molecule is CC1CC(C(=O)Nc2ccc(OCC(N)=S)cc2)CO1. The van der Waals surface area contributed by atoms with Gasteiger partial charge >= 0.3 is 0 Å². The molecule has 1 saturated heterocycles. The Kier molecular flexibility index (Phi) is 4.92. The van der Waals surface area contributed by atoms with E-state index in [1.54, 1.807) is 24.3 Å². The van der Waals surface area contributed by atoms with Gasteiger partial charge in [-0.25, -0.2) is 0 Å². The summed E-state index contributed by atoms with van der Waals surface area (Å²) in [5, 5.41) is 2.87. The normalized spacial score (nSPS) is 21.4. The maximum Gasteiger partial charge on any atom is 0.229 e. The van der Waals surface area contributed by atoms with E-state index in [1.807, 2.05) is 6.92 Å². The molecule has 0 aromatic heterocycles. The second-order valence-electron chi connectivity index (χ2n) is 4.85. The summed E-state index contributed by atoms with van der Waals surface area (Å²) in [6.45, 7) is 2.67. The Morgan fingerprint density at radius 1 is 1.50 bits per heavy atom. The van der Waals surface area contributed by atoms with Gasteiger partial charge in [-0.05, 0) is 37.6 Å². The summed E-state index contributed by atoms with van der Waals surface area (Å²) < 4.78 is 10.7. The standard InChI is InChI=1S/C14H18N2O3S/c1-9-6-10(7-18-9)14(17)16-11-2-4-12(5-3-11)19-8-13(15)20/h2-5,9-10H,6-8H2,1H3,(H2,15,20)(H,16,17). The quantitative estimate of drug-likeness (QED) is 0.809. The lowest BCUT2D eigenvalue weighted by Gasteiger charge is -2.10. The van der Waals surface area contributed by atoms with Crippen molar-refractivity contribution in [1.82, 2.24) is 0 Å². The van der Waals surface area contributed by atoms with Crippen LogP contribution in [0.2, 0.25) is 0 Å². The number of amides is 1. The van der Waals surface area contributed by atoms with Crippen LogP contribution in [0, 0.1) is 5.92 Å². The third-order valence-corrected chi connectivity index (χ3v) is 3.19. The molecule has 108 valence electrons. The van der Waals surface area contributed by atoms with E-state index in [4.69, 9.17) is 27.4 Å². The average molecular weight is 294 g/mol. The van der Waals surface area contributed by atoms with Crippen molar-refractivity contribution < 1.29 is 14.3 Å². The largest absolute Gasteiger partial charge is 0.487 e. The number of hydrogen-bond acceptors (Lipinski definition) is 4. The van der Waals surface area contributed by atoms with E-state index < -0.39 is 0 Å². The Morgan fingerprint density at radius 3 is 2.75 bits per heavy atom. The molecule has 1 aliphatic heterocycles.